The molecule has 0 radical (unpaired) electrons. The fraction of sp³-hybridized carbons (Fsp3) is 0.341. The maximum atomic E-state index is 11.7. The lowest BCUT2D eigenvalue weighted by Gasteiger charge is -2.28. The van der Waals surface area contributed by atoms with Gasteiger partial charge in [0, 0.05) is 41.9 Å². The highest BCUT2D eigenvalue weighted by Gasteiger charge is 2.22. The van der Waals surface area contributed by atoms with Gasteiger partial charge in [-0.15, -0.1) is 0 Å². The predicted octanol–water partition coefficient (Wildman–Crippen LogP) is 7.95. The summed E-state index contributed by atoms with van der Waals surface area (Å²) in [5.41, 5.74) is 12.1. The molecule has 4 aromatic rings. The van der Waals surface area contributed by atoms with Crippen LogP contribution in [0.1, 0.15) is 81.3 Å². The van der Waals surface area contributed by atoms with Crippen LogP contribution in [0.3, 0.4) is 0 Å². The summed E-state index contributed by atoms with van der Waals surface area (Å²) in [7, 11) is 0. The predicted molar refractivity (Wildman–Crippen MR) is 202 cm³/mol. The molecule has 0 aliphatic rings. The number of aliphatic carboxylic acids is 1. The van der Waals surface area contributed by atoms with Crippen molar-refractivity contribution in [1.82, 2.24) is 4.90 Å². The van der Waals surface area contributed by atoms with Crippen LogP contribution in [-0.4, -0.2) is 41.8 Å². The van der Waals surface area contributed by atoms with Gasteiger partial charge in [-0.1, -0.05) is 126 Å². The van der Waals surface area contributed by atoms with Crippen molar-refractivity contribution in [3.8, 4) is 35.2 Å². The maximum absolute atomic E-state index is 11.7. The summed E-state index contributed by atoms with van der Waals surface area (Å²) >= 11 is 0. The minimum absolute atomic E-state index is 0.0836. The minimum Gasteiger partial charge on any atom is -0.481 e. The molecule has 4 aromatic carbocycles. The third-order valence-electron chi connectivity index (χ3n) is 8.33. The zero-order valence-corrected chi connectivity index (χ0v) is 30.3. The van der Waals surface area contributed by atoms with Crippen molar-refractivity contribution in [3.63, 3.8) is 0 Å². The summed E-state index contributed by atoms with van der Waals surface area (Å²) in [6.45, 7) is 15.0. The highest BCUT2D eigenvalue weighted by molar-refractivity contribution is 5.73. The van der Waals surface area contributed by atoms with Crippen molar-refractivity contribution in [2.45, 2.75) is 77.9 Å². The molecule has 6 nitrogen and oxygen atoms in total. The van der Waals surface area contributed by atoms with Crippen LogP contribution in [0.15, 0.2) is 97.1 Å². The largest absolute Gasteiger partial charge is 0.481 e. The molecule has 0 aromatic heterocycles. The van der Waals surface area contributed by atoms with Gasteiger partial charge in [0.15, 0.2) is 0 Å². The van der Waals surface area contributed by atoms with Crippen molar-refractivity contribution < 1.29 is 19.4 Å². The van der Waals surface area contributed by atoms with Gasteiger partial charge in [0.25, 0.3) is 0 Å². The molecular formula is C44H50N2O4. The quantitative estimate of drug-likeness (QED) is 0.149. The SMILES string of the molecule is CC(C)(C)c1ccc(OCC#Cc2ccccc2)c(CN(CC[C@H](N)C(=O)O)Cc2cc(C(C)(C)C)ccc2OCC#Cc2ccccc2)c1. The second-order valence-electron chi connectivity index (χ2n) is 14.5. The normalized spacial score (nSPS) is 11.9. The van der Waals surface area contributed by atoms with Gasteiger partial charge in [0.05, 0.1) is 0 Å². The Bertz CT molecular complexity index is 1710. The lowest BCUT2D eigenvalue weighted by Crippen LogP contribution is -2.35. The first-order chi connectivity index (χ1) is 23.8. The van der Waals surface area contributed by atoms with Gasteiger partial charge in [0.1, 0.15) is 30.8 Å². The molecule has 0 aliphatic heterocycles. The molecule has 4 rings (SSSR count). The zero-order chi connectivity index (χ0) is 36.1. The molecule has 0 unspecified atom stereocenters. The number of carbonyl (C=O) groups is 1. The molecule has 50 heavy (non-hydrogen) atoms. The Balaban J connectivity index is 1.66. The third kappa shape index (κ3) is 11.8. The first-order valence-corrected chi connectivity index (χ1v) is 17.1. The lowest BCUT2D eigenvalue weighted by atomic mass is 9.85. The van der Waals surface area contributed by atoms with E-state index in [2.05, 4.69) is 94.4 Å². The third-order valence-corrected chi connectivity index (χ3v) is 8.33. The fourth-order valence-corrected chi connectivity index (χ4v) is 5.31. The molecule has 0 aliphatic carbocycles. The first kappa shape index (κ1) is 37.8. The molecule has 0 amide bonds. The Morgan fingerprint density at radius 3 is 1.50 bits per heavy atom. The van der Waals surface area contributed by atoms with E-state index < -0.39 is 12.0 Å². The van der Waals surface area contributed by atoms with Crippen LogP contribution in [-0.2, 0) is 28.7 Å². The number of carboxylic acid groups (broad SMARTS) is 1. The number of nitrogens with zero attached hydrogens (tertiary/aromatic N) is 1. The van der Waals surface area contributed by atoms with Crippen molar-refractivity contribution in [1.29, 1.82) is 0 Å². The molecule has 0 saturated heterocycles. The zero-order valence-electron chi connectivity index (χ0n) is 30.3. The highest BCUT2D eigenvalue weighted by Crippen LogP contribution is 2.32. The molecule has 0 fully saturated rings. The van der Waals surface area contributed by atoms with E-state index in [-0.39, 0.29) is 30.5 Å². The maximum Gasteiger partial charge on any atom is 0.320 e. The van der Waals surface area contributed by atoms with Gasteiger partial charge in [-0.05, 0) is 64.8 Å². The molecular weight excluding hydrogens is 620 g/mol. The summed E-state index contributed by atoms with van der Waals surface area (Å²) in [4.78, 5) is 14.0. The van der Waals surface area contributed by atoms with Crippen LogP contribution in [0.4, 0.5) is 0 Å². The van der Waals surface area contributed by atoms with E-state index in [1.807, 2.05) is 72.8 Å². The van der Waals surface area contributed by atoms with E-state index in [0.717, 1.165) is 33.8 Å². The highest BCUT2D eigenvalue weighted by atomic mass is 16.5. The number of benzene rings is 4. The van der Waals surface area contributed by atoms with E-state index >= 15 is 0 Å². The monoisotopic (exact) mass is 670 g/mol. The summed E-state index contributed by atoms with van der Waals surface area (Å²) in [5.74, 6) is 13.1. The average Bonchev–Trinajstić information content (AvgIpc) is 3.08. The Morgan fingerprint density at radius 2 is 1.12 bits per heavy atom. The van der Waals surface area contributed by atoms with Crippen molar-refractivity contribution in [2.75, 3.05) is 19.8 Å². The minimum atomic E-state index is -1.02. The van der Waals surface area contributed by atoms with Crippen LogP contribution >= 0.6 is 0 Å². The lowest BCUT2D eigenvalue weighted by molar-refractivity contribution is -0.138. The van der Waals surface area contributed by atoms with Gasteiger partial charge < -0.3 is 20.3 Å². The van der Waals surface area contributed by atoms with E-state index in [1.165, 1.54) is 11.1 Å². The number of hydrogen-bond donors (Lipinski definition) is 2. The Morgan fingerprint density at radius 1 is 0.700 bits per heavy atom. The van der Waals surface area contributed by atoms with Crippen LogP contribution in [0.5, 0.6) is 11.5 Å². The molecule has 6 heteroatoms. The molecule has 260 valence electrons. The van der Waals surface area contributed by atoms with Crippen LogP contribution in [0.2, 0.25) is 0 Å². The second-order valence-corrected chi connectivity index (χ2v) is 14.5. The molecule has 1 atom stereocenters. The van der Waals surface area contributed by atoms with Crippen molar-refractivity contribution >= 4 is 5.97 Å². The fourth-order valence-electron chi connectivity index (χ4n) is 5.31. The summed E-state index contributed by atoms with van der Waals surface area (Å²) in [6.07, 6.45) is 0.282. The molecule has 3 N–H and O–H groups in total. The topological polar surface area (TPSA) is 85.0 Å². The smallest absolute Gasteiger partial charge is 0.320 e. The Kier molecular flexibility index (Phi) is 13.3. The van der Waals surface area contributed by atoms with Gasteiger partial charge in [0.2, 0.25) is 0 Å². The number of ether oxygens (including phenoxy) is 2. The Hall–Kier alpha value is -5.01. The Labute approximate surface area is 298 Å². The number of carboxylic acids is 1. The molecule has 0 heterocycles. The summed E-state index contributed by atoms with van der Waals surface area (Å²) in [5, 5.41) is 9.61. The van der Waals surface area contributed by atoms with Crippen LogP contribution in [0.25, 0.3) is 0 Å². The van der Waals surface area contributed by atoms with Gasteiger partial charge >= 0.3 is 5.97 Å². The van der Waals surface area contributed by atoms with Crippen LogP contribution < -0.4 is 15.2 Å². The summed E-state index contributed by atoms with van der Waals surface area (Å²) in [6, 6.07) is 31.3. The molecule has 0 bridgehead atoms. The molecule has 0 spiro atoms. The number of rotatable bonds is 12. The standard InChI is InChI=1S/C44H50N2O4/c1-43(2,3)37-21-23-40(49-27-13-19-33-15-9-7-10-16-33)35(29-37)31-46(26-25-39(45)42(47)48)32-36-30-38(44(4,5)6)22-24-41(36)50-28-14-20-34-17-11-8-12-18-34/h7-12,15-18,21-24,29-30,39H,25-28,31-32,45H2,1-6H3,(H,47,48)/t39-/m0/s1. The second kappa shape index (κ2) is 17.6. The van der Waals surface area contributed by atoms with E-state index in [1.54, 1.807) is 0 Å². The number of hydrogen-bond acceptors (Lipinski definition) is 5. The van der Waals surface area contributed by atoms with Crippen molar-refractivity contribution in [2.24, 2.45) is 5.73 Å². The van der Waals surface area contributed by atoms with Gasteiger partial charge in [-0.2, -0.15) is 0 Å². The molecule has 0 saturated carbocycles. The van der Waals surface area contributed by atoms with Gasteiger partial charge in [-0.25, -0.2) is 0 Å². The van der Waals surface area contributed by atoms with Gasteiger partial charge in [-0.3, -0.25) is 9.69 Å². The average molecular weight is 671 g/mol. The van der Waals surface area contributed by atoms with E-state index in [9.17, 15) is 9.90 Å². The number of nitrogens with two attached hydrogens (primary N) is 1. The van der Waals surface area contributed by atoms with Crippen molar-refractivity contribution in [3.05, 3.63) is 130 Å². The van der Waals surface area contributed by atoms with Crippen LogP contribution in [0, 0.1) is 23.7 Å². The summed E-state index contributed by atoms with van der Waals surface area (Å²) < 4.78 is 12.5. The first-order valence-electron chi connectivity index (χ1n) is 17.1. The van der Waals surface area contributed by atoms with E-state index in [4.69, 9.17) is 15.2 Å². The van der Waals surface area contributed by atoms with E-state index in [0.29, 0.717) is 19.6 Å².